The lowest BCUT2D eigenvalue weighted by Gasteiger charge is -2.35. The number of hydrogen-bond donors (Lipinski definition) is 0. The zero-order valence-corrected chi connectivity index (χ0v) is 10.3. The maximum Gasteiger partial charge on any atom is 0.304 e. The van der Waals surface area contributed by atoms with Gasteiger partial charge in [0.25, 0.3) is 0 Å². The van der Waals surface area contributed by atoms with E-state index in [9.17, 15) is 14.5 Å². The van der Waals surface area contributed by atoms with Crippen LogP contribution >= 0.6 is 0 Å². The Morgan fingerprint density at radius 3 is 2.50 bits per heavy atom. The molecule has 0 aromatic heterocycles. The first-order chi connectivity index (χ1) is 8.61. The Labute approximate surface area is 105 Å². The van der Waals surface area contributed by atoms with Gasteiger partial charge in [-0.1, -0.05) is 6.92 Å². The molecule has 0 bridgehead atoms. The van der Waals surface area contributed by atoms with Gasteiger partial charge in [0.05, 0.1) is 4.92 Å². The van der Waals surface area contributed by atoms with E-state index in [1.807, 2.05) is 0 Å². The third-order valence-electron chi connectivity index (χ3n) is 3.31. The van der Waals surface area contributed by atoms with Gasteiger partial charge < -0.3 is 9.80 Å². The SMILES string of the molecule is CCN1CCN(c2ccc([N+](=O)[O-])c(F)c2)CC1. The van der Waals surface area contributed by atoms with Crippen LogP contribution in [0.5, 0.6) is 0 Å². The number of piperazine rings is 1. The van der Waals surface area contributed by atoms with Crippen molar-refractivity contribution in [2.75, 3.05) is 37.6 Å². The number of benzene rings is 1. The van der Waals surface area contributed by atoms with Crippen molar-refractivity contribution in [1.29, 1.82) is 0 Å². The smallest absolute Gasteiger partial charge is 0.304 e. The lowest BCUT2D eigenvalue weighted by Crippen LogP contribution is -2.46. The van der Waals surface area contributed by atoms with Crippen LogP contribution in [0.1, 0.15) is 6.92 Å². The summed E-state index contributed by atoms with van der Waals surface area (Å²) in [6.07, 6.45) is 0. The van der Waals surface area contributed by atoms with Crippen LogP contribution in [0.2, 0.25) is 0 Å². The number of hydrogen-bond acceptors (Lipinski definition) is 4. The second kappa shape index (κ2) is 5.30. The van der Waals surface area contributed by atoms with E-state index in [4.69, 9.17) is 0 Å². The van der Waals surface area contributed by atoms with Gasteiger partial charge in [0.2, 0.25) is 5.82 Å². The quantitative estimate of drug-likeness (QED) is 0.609. The molecule has 0 unspecified atom stereocenters. The average Bonchev–Trinajstić information content (AvgIpc) is 2.38. The highest BCUT2D eigenvalue weighted by atomic mass is 19.1. The molecule has 0 atom stereocenters. The van der Waals surface area contributed by atoms with Crippen molar-refractivity contribution in [3.05, 3.63) is 34.1 Å². The van der Waals surface area contributed by atoms with Crippen LogP contribution in [0.15, 0.2) is 18.2 Å². The summed E-state index contributed by atoms with van der Waals surface area (Å²) >= 11 is 0. The van der Waals surface area contributed by atoms with Gasteiger partial charge >= 0.3 is 5.69 Å². The molecule has 98 valence electrons. The van der Waals surface area contributed by atoms with E-state index in [0.29, 0.717) is 5.69 Å². The third kappa shape index (κ3) is 2.59. The fraction of sp³-hybridized carbons (Fsp3) is 0.500. The summed E-state index contributed by atoms with van der Waals surface area (Å²) in [7, 11) is 0. The number of nitrogens with zero attached hydrogens (tertiary/aromatic N) is 3. The number of nitro benzene ring substituents is 1. The molecule has 1 aromatic carbocycles. The second-order valence-corrected chi connectivity index (χ2v) is 4.31. The normalized spacial score (nSPS) is 16.9. The van der Waals surface area contributed by atoms with E-state index in [0.717, 1.165) is 32.7 Å². The van der Waals surface area contributed by atoms with Crippen molar-refractivity contribution in [2.24, 2.45) is 0 Å². The minimum Gasteiger partial charge on any atom is -0.369 e. The Kier molecular flexibility index (Phi) is 3.76. The van der Waals surface area contributed by atoms with E-state index in [1.54, 1.807) is 6.07 Å². The van der Waals surface area contributed by atoms with Crippen LogP contribution in [0, 0.1) is 15.9 Å². The highest BCUT2D eigenvalue weighted by Crippen LogP contribution is 2.24. The van der Waals surface area contributed by atoms with Crippen LogP contribution in [-0.2, 0) is 0 Å². The van der Waals surface area contributed by atoms with Gasteiger partial charge in [-0.05, 0) is 12.6 Å². The number of anilines is 1. The molecular weight excluding hydrogens is 237 g/mol. The first-order valence-corrected chi connectivity index (χ1v) is 6.03. The monoisotopic (exact) mass is 253 g/mol. The minimum atomic E-state index is -0.768. The Morgan fingerprint density at radius 1 is 1.33 bits per heavy atom. The summed E-state index contributed by atoms with van der Waals surface area (Å²) in [6.45, 7) is 6.66. The number of halogens is 1. The maximum atomic E-state index is 13.5. The Morgan fingerprint density at radius 2 is 2.00 bits per heavy atom. The molecule has 2 rings (SSSR count). The van der Waals surface area contributed by atoms with Gasteiger partial charge in [-0.2, -0.15) is 4.39 Å². The molecule has 0 spiro atoms. The number of nitro groups is 1. The fourth-order valence-electron chi connectivity index (χ4n) is 2.16. The Hall–Kier alpha value is -1.69. The highest BCUT2D eigenvalue weighted by Gasteiger charge is 2.19. The largest absolute Gasteiger partial charge is 0.369 e. The lowest BCUT2D eigenvalue weighted by atomic mass is 10.2. The van der Waals surface area contributed by atoms with Crippen LogP contribution in [0.4, 0.5) is 15.8 Å². The van der Waals surface area contributed by atoms with E-state index in [-0.39, 0.29) is 0 Å². The van der Waals surface area contributed by atoms with Crippen LogP contribution in [0.25, 0.3) is 0 Å². The van der Waals surface area contributed by atoms with Gasteiger partial charge in [0, 0.05) is 44.0 Å². The highest BCUT2D eigenvalue weighted by molar-refractivity contribution is 5.52. The molecule has 1 heterocycles. The summed E-state index contributed by atoms with van der Waals surface area (Å²) < 4.78 is 13.5. The first-order valence-electron chi connectivity index (χ1n) is 6.03. The van der Waals surface area contributed by atoms with Gasteiger partial charge in [-0.3, -0.25) is 10.1 Å². The predicted molar refractivity (Wildman–Crippen MR) is 67.4 cm³/mol. The van der Waals surface area contributed by atoms with Crippen molar-refractivity contribution in [1.82, 2.24) is 4.90 Å². The van der Waals surface area contributed by atoms with Gasteiger partial charge in [-0.15, -0.1) is 0 Å². The molecule has 1 aliphatic rings. The van der Waals surface area contributed by atoms with Crippen molar-refractivity contribution in [2.45, 2.75) is 6.92 Å². The topological polar surface area (TPSA) is 49.6 Å². The molecule has 1 aromatic rings. The molecule has 18 heavy (non-hydrogen) atoms. The first kappa shape index (κ1) is 12.8. The van der Waals surface area contributed by atoms with Crippen LogP contribution in [0.3, 0.4) is 0 Å². The van der Waals surface area contributed by atoms with E-state index < -0.39 is 16.4 Å². The summed E-state index contributed by atoms with van der Waals surface area (Å²) in [6, 6.07) is 4.10. The lowest BCUT2D eigenvalue weighted by molar-refractivity contribution is -0.387. The molecular formula is C12H16FN3O2. The molecule has 0 aliphatic carbocycles. The van der Waals surface area contributed by atoms with Gasteiger partial charge in [0.15, 0.2) is 0 Å². The average molecular weight is 253 g/mol. The molecule has 5 nitrogen and oxygen atoms in total. The third-order valence-corrected chi connectivity index (χ3v) is 3.31. The van der Waals surface area contributed by atoms with Crippen molar-refractivity contribution < 1.29 is 9.31 Å². The molecule has 0 amide bonds. The molecule has 1 saturated heterocycles. The fourth-order valence-corrected chi connectivity index (χ4v) is 2.16. The molecule has 6 heteroatoms. The van der Waals surface area contributed by atoms with Crippen molar-refractivity contribution in [3.8, 4) is 0 Å². The summed E-state index contributed by atoms with van der Waals surface area (Å²) in [5, 5.41) is 10.5. The Balaban J connectivity index is 2.11. The number of rotatable bonds is 3. The summed E-state index contributed by atoms with van der Waals surface area (Å²) in [4.78, 5) is 14.2. The second-order valence-electron chi connectivity index (χ2n) is 4.31. The molecule has 0 N–H and O–H groups in total. The molecule has 1 aliphatic heterocycles. The zero-order chi connectivity index (χ0) is 13.1. The van der Waals surface area contributed by atoms with E-state index in [2.05, 4.69) is 16.7 Å². The van der Waals surface area contributed by atoms with Crippen molar-refractivity contribution in [3.63, 3.8) is 0 Å². The zero-order valence-electron chi connectivity index (χ0n) is 10.3. The van der Waals surface area contributed by atoms with Gasteiger partial charge in [-0.25, -0.2) is 0 Å². The van der Waals surface area contributed by atoms with Gasteiger partial charge in [0.1, 0.15) is 0 Å². The van der Waals surface area contributed by atoms with Crippen LogP contribution < -0.4 is 4.90 Å². The van der Waals surface area contributed by atoms with E-state index >= 15 is 0 Å². The van der Waals surface area contributed by atoms with Crippen LogP contribution in [-0.4, -0.2) is 42.5 Å². The predicted octanol–water partition coefficient (Wildman–Crippen LogP) is 1.88. The number of likely N-dealkylation sites (N-methyl/N-ethyl adjacent to an activating group) is 1. The maximum absolute atomic E-state index is 13.5. The summed E-state index contributed by atoms with van der Waals surface area (Å²) in [5.74, 6) is -0.768. The standard InChI is InChI=1S/C12H16FN3O2/c1-2-14-5-7-15(8-6-14)10-3-4-12(16(17)18)11(13)9-10/h3-4,9H,2,5-8H2,1H3. The molecule has 1 fully saturated rings. The Bertz CT molecular complexity index is 445. The molecule has 0 saturated carbocycles. The molecule has 0 radical (unpaired) electrons. The minimum absolute atomic E-state index is 0.467. The van der Waals surface area contributed by atoms with Crippen molar-refractivity contribution >= 4 is 11.4 Å². The summed E-state index contributed by atoms with van der Waals surface area (Å²) in [5.41, 5.74) is 0.250. The van der Waals surface area contributed by atoms with E-state index in [1.165, 1.54) is 12.1 Å².